The van der Waals surface area contributed by atoms with Crippen LogP contribution in [-0.4, -0.2) is 32.9 Å². The van der Waals surface area contributed by atoms with Gasteiger partial charge in [0.25, 0.3) is 0 Å². The zero-order valence-electron chi connectivity index (χ0n) is 10.0. The van der Waals surface area contributed by atoms with E-state index >= 15 is 0 Å². The molecule has 5 heteroatoms. The Hall–Kier alpha value is -0.910. The molecule has 17 heavy (non-hydrogen) atoms. The summed E-state index contributed by atoms with van der Waals surface area (Å²) in [5, 5.41) is 3.04. The molecule has 0 saturated carbocycles. The standard InChI is InChI=1S/C12H18N2O2S/c1-13-10-11-4-6-12(7-5-11)17(15,16)14-8-2-3-9-14/h4-7,13H,2-3,8-10H2,1H3. The minimum Gasteiger partial charge on any atom is -0.316 e. The van der Waals surface area contributed by atoms with Crippen molar-refractivity contribution in [3.8, 4) is 0 Å². The Morgan fingerprint density at radius 1 is 1.18 bits per heavy atom. The average molecular weight is 254 g/mol. The molecule has 0 radical (unpaired) electrons. The summed E-state index contributed by atoms with van der Waals surface area (Å²) >= 11 is 0. The number of nitrogens with zero attached hydrogens (tertiary/aromatic N) is 1. The van der Waals surface area contributed by atoms with E-state index in [0.29, 0.717) is 18.0 Å². The van der Waals surface area contributed by atoms with Crippen LogP contribution < -0.4 is 5.32 Å². The Kier molecular flexibility index (Phi) is 3.81. The van der Waals surface area contributed by atoms with E-state index in [1.807, 2.05) is 19.2 Å². The molecule has 0 aromatic heterocycles. The van der Waals surface area contributed by atoms with Crippen LogP contribution in [0.4, 0.5) is 0 Å². The molecule has 1 heterocycles. The smallest absolute Gasteiger partial charge is 0.243 e. The number of sulfonamides is 1. The predicted octanol–water partition coefficient (Wildman–Crippen LogP) is 1.19. The minimum absolute atomic E-state index is 0.402. The van der Waals surface area contributed by atoms with E-state index in [-0.39, 0.29) is 0 Å². The lowest BCUT2D eigenvalue weighted by atomic mass is 10.2. The Bertz CT molecular complexity index is 462. The Morgan fingerprint density at radius 2 is 1.76 bits per heavy atom. The third kappa shape index (κ3) is 2.68. The highest BCUT2D eigenvalue weighted by atomic mass is 32.2. The molecule has 1 aliphatic rings. The summed E-state index contributed by atoms with van der Waals surface area (Å²) in [6, 6.07) is 7.11. The summed E-state index contributed by atoms with van der Waals surface area (Å²) in [6.07, 6.45) is 1.94. The highest BCUT2D eigenvalue weighted by molar-refractivity contribution is 7.89. The van der Waals surface area contributed by atoms with E-state index in [0.717, 1.165) is 24.9 Å². The molecule has 0 unspecified atom stereocenters. The molecule has 1 saturated heterocycles. The predicted molar refractivity (Wildman–Crippen MR) is 67.2 cm³/mol. The van der Waals surface area contributed by atoms with Crippen molar-refractivity contribution in [1.82, 2.24) is 9.62 Å². The van der Waals surface area contributed by atoms with Crippen molar-refractivity contribution < 1.29 is 8.42 Å². The second-order valence-electron chi connectivity index (χ2n) is 4.29. The van der Waals surface area contributed by atoms with Crippen LogP contribution in [0.3, 0.4) is 0 Å². The molecule has 1 N–H and O–H groups in total. The first kappa shape index (κ1) is 12.5. The van der Waals surface area contributed by atoms with Gasteiger partial charge in [0.05, 0.1) is 4.90 Å². The topological polar surface area (TPSA) is 49.4 Å². The Balaban J connectivity index is 2.21. The maximum Gasteiger partial charge on any atom is 0.243 e. The monoisotopic (exact) mass is 254 g/mol. The van der Waals surface area contributed by atoms with Gasteiger partial charge in [0.1, 0.15) is 0 Å². The second-order valence-corrected chi connectivity index (χ2v) is 6.22. The van der Waals surface area contributed by atoms with Gasteiger partial charge in [-0.05, 0) is 37.6 Å². The van der Waals surface area contributed by atoms with Gasteiger partial charge in [0, 0.05) is 19.6 Å². The molecule has 0 bridgehead atoms. The van der Waals surface area contributed by atoms with E-state index in [9.17, 15) is 8.42 Å². The fraction of sp³-hybridized carbons (Fsp3) is 0.500. The molecule has 94 valence electrons. The van der Waals surface area contributed by atoms with Crippen LogP contribution in [-0.2, 0) is 16.6 Å². The molecule has 1 aromatic carbocycles. The molecule has 0 spiro atoms. The molecule has 0 aliphatic carbocycles. The van der Waals surface area contributed by atoms with Gasteiger partial charge >= 0.3 is 0 Å². The van der Waals surface area contributed by atoms with Crippen LogP contribution in [0.25, 0.3) is 0 Å². The second kappa shape index (κ2) is 5.16. The molecule has 1 aromatic rings. The van der Waals surface area contributed by atoms with Crippen LogP contribution >= 0.6 is 0 Å². The molecule has 1 aliphatic heterocycles. The quantitative estimate of drug-likeness (QED) is 0.878. The first-order valence-electron chi connectivity index (χ1n) is 5.88. The van der Waals surface area contributed by atoms with E-state index in [1.165, 1.54) is 0 Å². The van der Waals surface area contributed by atoms with Gasteiger partial charge in [-0.2, -0.15) is 4.31 Å². The van der Waals surface area contributed by atoms with Gasteiger partial charge in [-0.25, -0.2) is 8.42 Å². The number of hydrogen-bond donors (Lipinski definition) is 1. The fourth-order valence-electron chi connectivity index (χ4n) is 2.06. The summed E-state index contributed by atoms with van der Waals surface area (Å²) in [5.74, 6) is 0. The summed E-state index contributed by atoms with van der Waals surface area (Å²) < 4.78 is 26.0. The molecule has 4 nitrogen and oxygen atoms in total. The van der Waals surface area contributed by atoms with E-state index in [1.54, 1.807) is 16.4 Å². The first-order valence-corrected chi connectivity index (χ1v) is 7.32. The van der Waals surface area contributed by atoms with Crippen molar-refractivity contribution in [2.24, 2.45) is 0 Å². The average Bonchev–Trinajstić information content (AvgIpc) is 2.84. The molecular weight excluding hydrogens is 236 g/mol. The largest absolute Gasteiger partial charge is 0.316 e. The zero-order valence-corrected chi connectivity index (χ0v) is 10.8. The van der Waals surface area contributed by atoms with Crippen molar-refractivity contribution in [2.75, 3.05) is 20.1 Å². The maximum atomic E-state index is 12.2. The van der Waals surface area contributed by atoms with E-state index in [2.05, 4.69) is 5.32 Å². The highest BCUT2D eigenvalue weighted by Crippen LogP contribution is 2.20. The lowest BCUT2D eigenvalue weighted by molar-refractivity contribution is 0.477. The SMILES string of the molecule is CNCc1ccc(S(=O)(=O)N2CCCC2)cc1. The van der Waals surface area contributed by atoms with Crippen molar-refractivity contribution >= 4 is 10.0 Å². The van der Waals surface area contributed by atoms with Gasteiger partial charge in [-0.1, -0.05) is 12.1 Å². The van der Waals surface area contributed by atoms with Crippen LogP contribution in [0, 0.1) is 0 Å². The van der Waals surface area contributed by atoms with Gasteiger partial charge in [0.2, 0.25) is 10.0 Å². The molecule has 2 rings (SSSR count). The summed E-state index contributed by atoms with van der Waals surface area (Å²) in [6.45, 7) is 2.06. The van der Waals surface area contributed by atoms with Crippen molar-refractivity contribution in [3.05, 3.63) is 29.8 Å². The van der Waals surface area contributed by atoms with Crippen LogP contribution in [0.1, 0.15) is 18.4 Å². The Labute approximate surface area is 103 Å². The third-order valence-electron chi connectivity index (χ3n) is 3.01. The van der Waals surface area contributed by atoms with E-state index in [4.69, 9.17) is 0 Å². The summed E-state index contributed by atoms with van der Waals surface area (Å²) in [4.78, 5) is 0.402. The number of rotatable bonds is 4. The van der Waals surface area contributed by atoms with Gasteiger partial charge in [-0.15, -0.1) is 0 Å². The number of nitrogens with one attached hydrogen (secondary N) is 1. The van der Waals surface area contributed by atoms with Gasteiger partial charge in [-0.3, -0.25) is 0 Å². The summed E-state index contributed by atoms with van der Waals surface area (Å²) in [5.41, 5.74) is 1.09. The normalized spacial score (nSPS) is 17.5. The van der Waals surface area contributed by atoms with Crippen LogP contribution in [0.5, 0.6) is 0 Å². The third-order valence-corrected chi connectivity index (χ3v) is 4.92. The zero-order chi connectivity index (χ0) is 12.3. The fourth-order valence-corrected chi connectivity index (χ4v) is 3.58. The summed E-state index contributed by atoms with van der Waals surface area (Å²) in [7, 11) is -1.39. The first-order chi connectivity index (χ1) is 8.14. The van der Waals surface area contributed by atoms with Crippen LogP contribution in [0.2, 0.25) is 0 Å². The van der Waals surface area contributed by atoms with Crippen molar-refractivity contribution in [3.63, 3.8) is 0 Å². The minimum atomic E-state index is -3.26. The lowest BCUT2D eigenvalue weighted by Gasteiger charge is -2.15. The van der Waals surface area contributed by atoms with E-state index < -0.39 is 10.0 Å². The highest BCUT2D eigenvalue weighted by Gasteiger charge is 2.26. The van der Waals surface area contributed by atoms with Gasteiger partial charge in [0.15, 0.2) is 0 Å². The Morgan fingerprint density at radius 3 is 2.29 bits per heavy atom. The van der Waals surface area contributed by atoms with Crippen molar-refractivity contribution in [1.29, 1.82) is 0 Å². The molecule has 0 atom stereocenters. The van der Waals surface area contributed by atoms with Crippen molar-refractivity contribution in [2.45, 2.75) is 24.3 Å². The lowest BCUT2D eigenvalue weighted by Crippen LogP contribution is -2.27. The molecular formula is C12H18N2O2S. The maximum absolute atomic E-state index is 12.2. The molecule has 1 fully saturated rings. The van der Waals surface area contributed by atoms with Crippen LogP contribution in [0.15, 0.2) is 29.2 Å². The number of benzene rings is 1. The molecule has 0 amide bonds. The van der Waals surface area contributed by atoms with Gasteiger partial charge < -0.3 is 5.32 Å². The number of hydrogen-bond acceptors (Lipinski definition) is 3.